The summed E-state index contributed by atoms with van der Waals surface area (Å²) in [7, 11) is 0. The standard InChI is InChI=1S/C4H7Cl2O/c1-2-7-3-4(5)6/h2-3H2,1H3. The summed E-state index contributed by atoms with van der Waals surface area (Å²) < 4.78 is 4.79. The first kappa shape index (κ1) is 7.54. The molecule has 1 nitrogen and oxygen atoms in total. The maximum absolute atomic E-state index is 5.21. The fraction of sp³-hybridized carbons (Fsp3) is 0.750. The van der Waals surface area contributed by atoms with Gasteiger partial charge in [0.2, 0.25) is 0 Å². The molecule has 0 amide bonds. The lowest BCUT2D eigenvalue weighted by molar-refractivity contribution is 0.170. The van der Waals surface area contributed by atoms with E-state index in [-0.39, 0.29) is 4.84 Å². The molecule has 0 rings (SSSR count). The summed E-state index contributed by atoms with van der Waals surface area (Å²) in [5, 5.41) is 0. The van der Waals surface area contributed by atoms with Gasteiger partial charge in [0.1, 0.15) is 0 Å². The molecule has 7 heavy (non-hydrogen) atoms. The Morgan fingerprint density at radius 2 is 2.14 bits per heavy atom. The van der Waals surface area contributed by atoms with E-state index in [1.807, 2.05) is 6.92 Å². The van der Waals surface area contributed by atoms with Crippen LogP contribution in [0.1, 0.15) is 6.92 Å². The third-order valence-corrected chi connectivity index (χ3v) is 0.634. The zero-order valence-electron chi connectivity index (χ0n) is 4.08. The van der Waals surface area contributed by atoms with Crippen LogP contribution in [-0.2, 0) is 4.74 Å². The van der Waals surface area contributed by atoms with Crippen LogP contribution in [0.25, 0.3) is 0 Å². The van der Waals surface area contributed by atoms with E-state index in [4.69, 9.17) is 27.9 Å². The van der Waals surface area contributed by atoms with Gasteiger partial charge >= 0.3 is 0 Å². The lowest BCUT2D eigenvalue weighted by Gasteiger charge is -1.96. The largest absolute Gasteiger partial charge is 0.378 e. The van der Waals surface area contributed by atoms with Gasteiger partial charge in [0.05, 0.1) is 6.61 Å². The molecule has 0 aromatic heterocycles. The second-order valence-electron chi connectivity index (χ2n) is 0.976. The molecule has 0 bridgehead atoms. The molecule has 0 spiro atoms. The molecule has 0 fully saturated rings. The van der Waals surface area contributed by atoms with E-state index in [2.05, 4.69) is 0 Å². The maximum Gasteiger partial charge on any atom is 0.176 e. The first-order valence-electron chi connectivity index (χ1n) is 2.02. The molecule has 0 atom stereocenters. The van der Waals surface area contributed by atoms with E-state index < -0.39 is 0 Å². The highest BCUT2D eigenvalue weighted by molar-refractivity contribution is 6.52. The predicted octanol–water partition coefficient (Wildman–Crippen LogP) is 1.99. The summed E-state index contributed by atoms with van der Waals surface area (Å²) in [5.74, 6) is 0. The quantitative estimate of drug-likeness (QED) is 0.585. The van der Waals surface area contributed by atoms with Crippen LogP contribution in [0.4, 0.5) is 0 Å². The highest BCUT2D eigenvalue weighted by Gasteiger charge is 1.95. The van der Waals surface area contributed by atoms with Gasteiger partial charge in [-0.15, -0.1) is 0 Å². The highest BCUT2D eigenvalue weighted by atomic mass is 35.5. The normalized spacial score (nSPS) is 10.3. The SMILES string of the molecule is CCOC[C](Cl)Cl. The third kappa shape index (κ3) is 6.54. The summed E-state index contributed by atoms with van der Waals surface area (Å²) >= 11 is 10.4. The van der Waals surface area contributed by atoms with E-state index in [0.29, 0.717) is 13.2 Å². The molecule has 43 valence electrons. The summed E-state index contributed by atoms with van der Waals surface area (Å²) in [5.41, 5.74) is 0. The topological polar surface area (TPSA) is 9.23 Å². The van der Waals surface area contributed by atoms with E-state index in [1.54, 1.807) is 0 Å². The second kappa shape index (κ2) is 4.69. The Labute approximate surface area is 53.6 Å². The van der Waals surface area contributed by atoms with Crippen LogP contribution < -0.4 is 0 Å². The molecule has 0 saturated heterocycles. The zero-order valence-corrected chi connectivity index (χ0v) is 5.59. The molecular weight excluding hydrogens is 135 g/mol. The van der Waals surface area contributed by atoms with Crippen LogP contribution in [0.15, 0.2) is 0 Å². The zero-order chi connectivity index (χ0) is 5.70. The van der Waals surface area contributed by atoms with Crippen molar-refractivity contribution in [2.75, 3.05) is 13.2 Å². The smallest absolute Gasteiger partial charge is 0.176 e. The number of hydrogen-bond donors (Lipinski definition) is 0. The van der Waals surface area contributed by atoms with Crippen molar-refractivity contribution in [3.05, 3.63) is 4.84 Å². The molecule has 0 aliphatic heterocycles. The molecule has 0 heterocycles. The fourth-order valence-electron chi connectivity index (χ4n) is 0.179. The molecule has 0 aromatic rings. The summed E-state index contributed by atoms with van der Waals surface area (Å²) in [4.78, 5) is 0.279. The highest BCUT2D eigenvalue weighted by Crippen LogP contribution is 2.10. The van der Waals surface area contributed by atoms with Crippen LogP contribution >= 0.6 is 23.2 Å². The van der Waals surface area contributed by atoms with Gasteiger partial charge in [0, 0.05) is 6.61 Å². The van der Waals surface area contributed by atoms with Crippen LogP contribution in [-0.4, -0.2) is 13.2 Å². The summed E-state index contributed by atoms with van der Waals surface area (Å²) in [6.45, 7) is 2.89. The van der Waals surface area contributed by atoms with Gasteiger partial charge < -0.3 is 4.74 Å². The predicted molar refractivity (Wildman–Crippen MR) is 31.4 cm³/mol. The van der Waals surface area contributed by atoms with Crippen molar-refractivity contribution in [3.63, 3.8) is 0 Å². The van der Waals surface area contributed by atoms with Gasteiger partial charge in [-0.05, 0) is 6.92 Å². The number of ether oxygens (including phenoxy) is 1. The maximum atomic E-state index is 5.21. The first-order valence-corrected chi connectivity index (χ1v) is 2.77. The third-order valence-electron chi connectivity index (χ3n) is 0.415. The van der Waals surface area contributed by atoms with Gasteiger partial charge in [-0.1, -0.05) is 23.2 Å². The van der Waals surface area contributed by atoms with Crippen LogP contribution in [0, 0.1) is 4.84 Å². The Bertz CT molecular complexity index is 38.7. The lowest BCUT2D eigenvalue weighted by Crippen LogP contribution is -1.94. The Morgan fingerprint density at radius 3 is 2.29 bits per heavy atom. The number of hydrogen-bond acceptors (Lipinski definition) is 1. The van der Waals surface area contributed by atoms with Gasteiger partial charge in [0.25, 0.3) is 0 Å². The van der Waals surface area contributed by atoms with Crippen molar-refractivity contribution in [2.45, 2.75) is 6.92 Å². The molecule has 0 aliphatic rings. The van der Waals surface area contributed by atoms with Crippen molar-refractivity contribution in [1.29, 1.82) is 0 Å². The van der Waals surface area contributed by atoms with E-state index in [0.717, 1.165) is 0 Å². The van der Waals surface area contributed by atoms with E-state index in [9.17, 15) is 0 Å². The van der Waals surface area contributed by atoms with Crippen LogP contribution in [0.3, 0.4) is 0 Å². The lowest BCUT2D eigenvalue weighted by atomic mass is 10.8. The Kier molecular flexibility index (Phi) is 5.05. The average Bonchev–Trinajstić information content (AvgIpc) is 1.61. The second-order valence-corrected chi connectivity index (χ2v) is 2.08. The van der Waals surface area contributed by atoms with Gasteiger partial charge in [-0.2, -0.15) is 0 Å². The molecule has 0 N–H and O–H groups in total. The first-order chi connectivity index (χ1) is 3.27. The molecule has 0 aromatic carbocycles. The van der Waals surface area contributed by atoms with E-state index >= 15 is 0 Å². The van der Waals surface area contributed by atoms with Crippen LogP contribution in [0.2, 0.25) is 0 Å². The Balaban J connectivity index is 2.68. The molecule has 3 heteroatoms. The molecule has 1 radical (unpaired) electrons. The van der Waals surface area contributed by atoms with Gasteiger partial charge in [-0.3, -0.25) is 0 Å². The monoisotopic (exact) mass is 141 g/mol. The van der Waals surface area contributed by atoms with Crippen LogP contribution in [0.5, 0.6) is 0 Å². The minimum atomic E-state index is 0.279. The molecule has 0 aliphatic carbocycles. The molecular formula is C4H7Cl2O. The Hall–Kier alpha value is 0.540. The van der Waals surface area contributed by atoms with E-state index in [1.165, 1.54) is 0 Å². The van der Waals surface area contributed by atoms with Gasteiger partial charge in [-0.25, -0.2) is 0 Å². The molecule has 0 saturated carbocycles. The number of rotatable bonds is 3. The Morgan fingerprint density at radius 1 is 1.57 bits per heavy atom. The minimum Gasteiger partial charge on any atom is -0.378 e. The average molecular weight is 142 g/mol. The van der Waals surface area contributed by atoms with Crippen molar-refractivity contribution in [1.82, 2.24) is 0 Å². The van der Waals surface area contributed by atoms with Crippen molar-refractivity contribution >= 4 is 23.2 Å². The summed E-state index contributed by atoms with van der Waals surface area (Å²) in [6, 6.07) is 0. The molecule has 0 unspecified atom stereocenters. The van der Waals surface area contributed by atoms with Crippen molar-refractivity contribution in [3.8, 4) is 0 Å². The summed E-state index contributed by atoms with van der Waals surface area (Å²) in [6.07, 6.45) is 0. The van der Waals surface area contributed by atoms with Crippen molar-refractivity contribution in [2.24, 2.45) is 0 Å². The van der Waals surface area contributed by atoms with Gasteiger partial charge in [0.15, 0.2) is 4.84 Å². The fourth-order valence-corrected chi connectivity index (χ4v) is 0.334. The minimum absolute atomic E-state index is 0.279. The van der Waals surface area contributed by atoms with Crippen molar-refractivity contribution < 1.29 is 4.74 Å². The number of halogens is 2.